The third kappa shape index (κ3) is 1.35. The van der Waals surface area contributed by atoms with Gasteiger partial charge in [0, 0.05) is 12.4 Å². The van der Waals surface area contributed by atoms with Gasteiger partial charge in [-0.2, -0.15) is 0 Å². The Labute approximate surface area is 63.6 Å². The van der Waals surface area contributed by atoms with Gasteiger partial charge in [-0.05, 0) is 12.5 Å². The highest BCUT2D eigenvalue weighted by atomic mass is 35.5. The second kappa shape index (κ2) is 2.54. The zero-order valence-electron chi connectivity index (χ0n) is 4.56. The lowest BCUT2D eigenvalue weighted by Crippen LogP contribution is -1.78. The van der Waals surface area contributed by atoms with E-state index in [0.29, 0.717) is 15.6 Å². The van der Waals surface area contributed by atoms with Crippen LogP contribution in [0.3, 0.4) is 0 Å². The third-order valence-electron chi connectivity index (χ3n) is 0.952. The predicted octanol–water partition coefficient (Wildman–Crippen LogP) is 2.57. The lowest BCUT2D eigenvalue weighted by Gasteiger charge is -1.95. The Balaban J connectivity index is 3.25. The molecule has 1 radical (unpaired) electrons. The van der Waals surface area contributed by atoms with Crippen LogP contribution in [0.2, 0.25) is 10.0 Å². The Bertz CT molecular complexity index is 202. The third-order valence-corrected chi connectivity index (χ3v) is 1.60. The van der Waals surface area contributed by atoms with Gasteiger partial charge in [-0.1, -0.05) is 23.2 Å². The van der Waals surface area contributed by atoms with Crippen LogP contribution < -0.4 is 0 Å². The van der Waals surface area contributed by atoms with Crippen molar-refractivity contribution in [2.24, 2.45) is 0 Å². The van der Waals surface area contributed by atoms with E-state index in [1.165, 1.54) is 12.4 Å². The fraction of sp³-hybridized carbons (Fsp3) is 0. The van der Waals surface area contributed by atoms with Gasteiger partial charge in [-0.15, -0.1) is 0 Å². The summed E-state index contributed by atoms with van der Waals surface area (Å²) in [4.78, 5) is 3.74. The van der Waals surface area contributed by atoms with Crippen LogP contribution >= 0.6 is 23.2 Å². The van der Waals surface area contributed by atoms with Crippen LogP contribution in [0.1, 0.15) is 5.56 Å². The normalized spacial score (nSPS) is 9.67. The molecule has 1 heterocycles. The number of nitrogens with zero attached hydrogens (tertiary/aromatic N) is 1. The van der Waals surface area contributed by atoms with Crippen LogP contribution in [0, 0.1) is 6.92 Å². The van der Waals surface area contributed by atoms with Crippen molar-refractivity contribution in [2.45, 2.75) is 0 Å². The smallest absolute Gasteiger partial charge is 0.0636 e. The molecule has 9 heavy (non-hydrogen) atoms. The highest BCUT2D eigenvalue weighted by molar-refractivity contribution is 6.35. The molecule has 0 amide bonds. The minimum atomic E-state index is 0.502. The summed E-state index contributed by atoms with van der Waals surface area (Å²) < 4.78 is 0. The van der Waals surface area contributed by atoms with Crippen LogP contribution in [0.5, 0.6) is 0 Å². The maximum absolute atomic E-state index is 5.60. The van der Waals surface area contributed by atoms with E-state index < -0.39 is 0 Å². The van der Waals surface area contributed by atoms with Gasteiger partial charge in [0.15, 0.2) is 0 Å². The Morgan fingerprint density at radius 2 is 1.67 bits per heavy atom. The zero-order chi connectivity index (χ0) is 6.85. The number of hydrogen-bond donors (Lipinski definition) is 0. The van der Waals surface area contributed by atoms with Crippen molar-refractivity contribution in [3.63, 3.8) is 0 Å². The molecular formula is C6H4Cl2N. The highest BCUT2D eigenvalue weighted by Gasteiger charge is 1.97. The molecule has 1 rings (SSSR count). The molecule has 47 valence electrons. The Morgan fingerprint density at radius 3 is 2.00 bits per heavy atom. The summed E-state index contributed by atoms with van der Waals surface area (Å²) in [6.07, 6.45) is 3.02. The van der Waals surface area contributed by atoms with Crippen molar-refractivity contribution in [1.82, 2.24) is 4.98 Å². The van der Waals surface area contributed by atoms with Gasteiger partial charge in [0.1, 0.15) is 0 Å². The molecule has 3 heteroatoms. The molecule has 0 spiro atoms. The quantitative estimate of drug-likeness (QED) is 0.569. The predicted molar refractivity (Wildman–Crippen MR) is 38.7 cm³/mol. The van der Waals surface area contributed by atoms with Crippen LogP contribution in [0.4, 0.5) is 0 Å². The second-order valence-electron chi connectivity index (χ2n) is 1.58. The summed E-state index contributed by atoms with van der Waals surface area (Å²) in [6, 6.07) is 0. The van der Waals surface area contributed by atoms with Crippen molar-refractivity contribution in [2.75, 3.05) is 0 Å². The summed E-state index contributed by atoms with van der Waals surface area (Å²) in [5.41, 5.74) is 0.633. The highest BCUT2D eigenvalue weighted by Crippen LogP contribution is 2.20. The molecule has 0 saturated carbocycles. The van der Waals surface area contributed by atoms with E-state index in [9.17, 15) is 0 Å². The van der Waals surface area contributed by atoms with E-state index in [0.717, 1.165) is 0 Å². The number of pyridine rings is 1. The number of rotatable bonds is 0. The fourth-order valence-electron chi connectivity index (χ4n) is 0.438. The van der Waals surface area contributed by atoms with Crippen LogP contribution in [-0.2, 0) is 0 Å². The minimum absolute atomic E-state index is 0.502. The van der Waals surface area contributed by atoms with Crippen LogP contribution in [-0.4, -0.2) is 4.98 Å². The molecule has 0 aliphatic carbocycles. The Morgan fingerprint density at radius 1 is 1.22 bits per heavy atom. The molecule has 0 N–H and O–H groups in total. The average Bonchev–Trinajstić information content (AvgIpc) is 1.83. The van der Waals surface area contributed by atoms with Gasteiger partial charge < -0.3 is 0 Å². The molecule has 1 aromatic rings. The van der Waals surface area contributed by atoms with E-state index in [2.05, 4.69) is 11.9 Å². The Hall–Kier alpha value is -0.270. The molecule has 0 aliphatic rings. The SMILES string of the molecule is [CH2]c1c(Cl)cncc1Cl. The molecule has 1 aromatic heterocycles. The fourth-order valence-corrected chi connectivity index (χ4v) is 0.803. The molecule has 0 aliphatic heterocycles. The number of aromatic nitrogens is 1. The second-order valence-corrected chi connectivity index (χ2v) is 2.40. The maximum atomic E-state index is 5.60. The minimum Gasteiger partial charge on any atom is -0.262 e. The van der Waals surface area contributed by atoms with Crippen LogP contribution in [0.25, 0.3) is 0 Å². The standard InChI is InChI=1S/C6H4Cl2N/c1-4-5(7)2-9-3-6(4)8/h2-3H,1H2. The molecular weight excluding hydrogens is 157 g/mol. The lowest BCUT2D eigenvalue weighted by atomic mass is 10.3. The van der Waals surface area contributed by atoms with Crippen molar-refractivity contribution in [1.29, 1.82) is 0 Å². The van der Waals surface area contributed by atoms with Gasteiger partial charge in [-0.25, -0.2) is 0 Å². The summed E-state index contributed by atoms with van der Waals surface area (Å²) in [6.45, 7) is 3.62. The molecule has 0 fully saturated rings. The van der Waals surface area contributed by atoms with Crippen molar-refractivity contribution in [3.8, 4) is 0 Å². The molecule has 0 saturated heterocycles. The molecule has 0 bridgehead atoms. The zero-order valence-corrected chi connectivity index (χ0v) is 6.08. The molecule has 0 unspecified atom stereocenters. The van der Waals surface area contributed by atoms with E-state index in [4.69, 9.17) is 23.2 Å². The van der Waals surface area contributed by atoms with Crippen LogP contribution in [0.15, 0.2) is 12.4 Å². The van der Waals surface area contributed by atoms with Crippen molar-refractivity contribution >= 4 is 23.2 Å². The Kier molecular flexibility index (Phi) is 1.94. The first kappa shape index (κ1) is 6.84. The molecule has 0 atom stereocenters. The van der Waals surface area contributed by atoms with Gasteiger partial charge in [0.25, 0.3) is 0 Å². The molecule has 1 nitrogen and oxygen atoms in total. The van der Waals surface area contributed by atoms with Gasteiger partial charge >= 0.3 is 0 Å². The van der Waals surface area contributed by atoms with Crippen molar-refractivity contribution < 1.29 is 0 Å². The average molecular weight is 161 g/mol. The first-order chi connectivity index (χ1) is 4.22. The summed E-state index contributed by atoms with van der Waals surface area (Å²) in [5.74, 6) is 0. The van der Waals surface area contributed by atoms with Gasteiger partial charge in [-0.3, -0.25) is 4.98 Å². The van der Waals surface area contributed by atoms with Gasteiger partial charge in [0.2, 0.25) is 0 Å². The van der Waals surface area contributed by atoms with E-state index >= 15 is 0 Å². The van der Waals surface area contributed by atoms with Crippen molar-refractivity contribution in [3.05, 3.63) is 34.9 Å². The summed E-state index contributed by atoms with van der Waals surface area (Å²) in [7, 11) is 0. The molecule has 0 aromatic carbocycles. The van der Waals surface area contributed by atoms with Gasteiger partial charge in [0.05, 0.1) is 10.0 Å². The number of halogens is 2. The summed E-state index contributed by atoms with van der Waals surface area (Å²) in [5, 5.41) is 1.00. The topological polar surface area (TPSA) is 12.9 Å². The largest absolute Gasteiger partial charge is 0.262 e. The van der Waals surface area contributed by atoms with E-state index in [1.54, 1.807) is 0 Å². The van der Waals surface area contributed by atoms with E-state index in [1.807, 2.05) is 0 Å². The maximum Gasteiger partial charge on any atom is 0.0636 e. The lowest BCUT2D eigenvalue weighted by molar-refractivity contribution is 1.31. The van der Waals surface area contributed by atoms with E-state index in [-0.39, 0.29) is 0 Å². The monoisotopic (exact) mass is 160 g/mol. The number of hydrogen-bond acceptors (Lipinski definition) is 1. The first-order valence-corrected chi connectivity index (χ1v) is 3.08. The summed E-state index contributed by atoms with van der Waals surface area (Å²) >= 11 is 11.2. The first-order valence-electron chi connectivity index (χ1n) is 2.33.